The lowest BCUT2D eigenvalue weighted by Gasteiger charge is -2.18. The quantitative estimate of drug-likeness (QED) is 0.758. The van der Waals surface area contributed by atoms with Crippen molar-refractivity contribution in [3.63, 3.8) is 0 Å². The smallest absolute Gasteiger partial charge is 0.269 e. The van der Waals surface area contributed by atoms with Crippen molar-refractivity contribution >= 4 is 11.8 Å². The molecule has 3 N–H and O–H groups in total. The number of benzene rings is 2. The summed E-state index contributed by atoms with van der Waals surface area (Å²) < 4.78 is 0. The van der Waals surface area contributed by atoms with Crippen molar-refractivity contribution in [1.29, 1.82) is 0 Å². The molecule has 6 heteroatoms. The van der Waals surface area contributed by atoms with Crippen LogP contribution in [0.15, 0.2) is 54.6 Å². The number of nitrogens with two attached hydrogens (primary N) is 1. The van der Waals surface area contributed by atoms with Gasteiger partial charge in [-0.05, 0) is 24.0 Å². The lowest BCUT2D eigenvalue weighted by Crippen LogP contribution is -2.27. The van der Waals surface area contributed by atoms with Gasteiger partial charge in [0, 0.05) is 11.1 Å². The van der Waals surface area contributed by atoms with E-state index in [0.29, 0.717) is 6.42 Å². The fourth-order valence-corrected chi connectivity index (χ4v) is 3.41. The second-order valence-corrected chi connectivity index (χ2v) is 6.31. The first-order valence-corrected chi connectivity index (χ1v) is 8.47. The topological polar surface area (TPSA) is 90.0 Å². The molecule has 130 valence electrons. The van der Waals surface area contributed by atoms with E-state index in [1.54, 1.807) is 0 Å². The molecule has 1 heterocycles. The number of aryl methyl sites for hydroxylation is 1. The zero-order valence-corrected chi connectivity index (χ0v) is 14.1. The SMILES string of the molecule is NC(=O)c1nn(NC(=O)Cc2ccccc2)c2c1CCc1ccccc1-2. The van der Waals surface area contributed by atoms with Gasteiger partial charge >= 0.3 is 0 Å². The van der Waals surface area contributed by atoms with E-state index in [-0.39, 0.29) is 18.0 Å². The van der Waals surface area contributed by atoms with Gasteiger partial charge in [0.2, 0.25) is 5.91 Å². The molecule has 26 heavy (non-hydrogen) atoms. The van der Waals surface area contributed by atoms with Crippen LogP contribution in [0.25, 0.3) is 11.3 Å². The minimum Gasteiger partial charge on any atom is -0.364 e. The summed E-state index contributed by atoms with van der Waals surface area (Å²) in [7, 11) is 0. The maximum absolute atomic E-state index is 12.5. The molecule has 2 aromatic carbocycles. The molecular formula is C20H18N4O2. The van der Waals surface area contributed by atoms with Gasteiger partial charge in [0.1, 0.15) is 0 Å². The second-order valence-electron chi connectivity index (χ2n) is 6.31. The van der Waals surface area contributed by atoms with Gasteiger partial charge in [0.25, 0.3) is 5.91 Å². The van der Waals surface area contributed by atoms with E-state index in [2.05, 4.69) is 10.5 Å². The molecule has 1 aliphatic carbocycles. The highest BCUT2D eigenvalue weighted by Crippen LogP contribution is 2.34. The van der Waals surface area contributed by atoms with Gasteiger partial charge in [0.05, 0.1) is 12.1 Å². The second kappa shape index (κ2) is 6.48. The Kier molecular flexibility index (Phi) is 4.01. The van der Waals surface area contributed by atoms with Crippen molar-refractivity contribution < 1.29 is 9.59 Å². The van der Waals surface area contributed by atoms with Crippen LogP contribution in [0, 0.1) is 0 Å². The average Bonchev–Trinajstić information content (AvgIpc) is 3.01. The number of nitrogens with zero attached hydrogens (tertiary/aromatic N) is 2. The van der Waals surface area contributed by atoms with Crippen LogP contribution in [0.5, 0.6) is 0 Å². The van der Waals surface area contributed by atoms with Crippen molar-refractivity contribution in [3.8, 4) is 11.3 Å². The number of carbonyl (C=O) groups excluding carboxylic acids is 2. The lowest BCUT2D eigenvalue weighted by atomic mass is 9.89. The molecule has 3 aromatic rings. The van der Waals surface area contributed by atoms with Crippen molar-refractivity contribution in [2.75, 3.05) is 5.43 Å². The number of fused-ring (bicyclic) bond motifs is 3. The maximum Gasteiger partial charge on any atom is 0.269 e. The van der Waals surface area contributed by atoms with Gasteiger partial charge in [-0.2, -0.15) is 4.79 Å². The number of hydrogen-bond acceptors (Lipinski definition) is 3. The summed E-state index contributed by atoms with van der Waals surface area (Å²) in [6, 6.07) is 17.4. The third-order valence-electron chi connectivity index (χ3n) is 4.57. The normalized spacial score (nSPS) is 12.2. The average molecular weight is 346 g/mol. The Morgan fingerprint density at radius 2 is 1.77 bits per heavy atom. The molecule has 0 saturated carbocycles. The minimum absolute atomic E-state index is 0.208. The van der Waals surface area contributed by atoms with E-state index in [1.807, 2.05) is 54.6 Å². The number of amides is 2. The van der Waals surface area contributed by atoms with Gasteiger partial charge in [-0.3, -0.25) is 9.59 Å². The summed E-state index contributed by atoms with van der Waals surface area (Å²) in [6.45, 7) is 0. The molecule has 0 atom stereocenters. The number of hydrogen-bond donors (Lipinski definition) is 2. The first-order chi connectivity index (χ1) is 12.6. The van der Waals surface area contributed by atoms with E-state index in [4.69, 9.17) is 5.73 Å². The largest absolute Gasteiger partial charge is 0.364 e. The monoisotopic (exact) mass is 346 g/mol. The van der Waals surface area contributed by atoms with E-state index in [9.17, 15) is 9.59 Å². The molecule has 0 aliphatic heterocycles. The molecular weight excluding hydrogens is 328 g/mol. The van der Waals surface area contributed by atoms with E-state index in [1.165, 1.54) is 4.79 Å². The van der Waals surface area contributed by atoms with Crippen LogP contribution >= 0.6 is 0 Å². The molecule has 0 radical (unpaired) electrons. The van der Waals surface area contributed by atoms with Gasteiger partial charge < -0.3 is 5.73 Å². The van der Waals surface area contributed by atoms with Crippen LogP contribution in [0.4, 0.5) is 0 Å². The summed E-state index contributed by atoms with van der Waals surface area (Å²) in [5, 5.41) is 4.28. The highest BCUT2D eigenvalue weighted by Gasteiger charge is 2.27. The molecule has 0 bridgehead atoms. The summed E-state index contributed by atoms with van der Waals surface area (Å²) in [6.07, 6.45) is 1.70. The first-order valence-electron chi connectivity index (χ1n) is 8.47. The molecule has 0 fully saturated rings. The van der Waals surface area contributed by atoms with Crippen molar-refractivity contribution in [3.05, 3.63) is 77.0 Å². The zero-order valence-electron chi connectivity index (χ0n) is 14.1. The number of rotatable bonds is 4. The Labute approximate surface area is 150 Å². The van der Waals surface area contributed by atoms with Crippen molar-refractivity contribution in [2.24, 2.45) is 5.73 Å². The van der Waals surface area contributed by atoms with E-state index >= 15 is 0 Å². The number of nitrogens with one attached hydrogen (secondary N) is 1. The Bertz CT molecular complexity index is 992. The van der Waals surface area contributed by atoms with Crippen LogP contribution < -0.4 is 11.2 Å². The summed E-state index contributed by atoms with van der Waals surface area (Å²) in [5.74, 6) is -0.794. The predicted octanol–water partition coefficient (Wildman–Crippen LogP) is 2.06. The summed E-state index contributed by atoms with van der Waals surface area (Å²) in [5.41, 5.74) is 13.1. The van der Waals surface area contributed by atoms with Crippen LogP contribution in [0.2, 0.25) is 0 Å². The third kappa shape index (κ3) is 2.86. The number of primary amides is 1. The summed E-state index contributed by atoms with van der Waals surface area (Å²) in [4.78, 5) is 25.7. The fraction of sp³-hybridized carbons (Fsp3) is 0.150. The zero-order chi connectivity index (χ0) is 18.1. The highest BCUT2D eigenvalue weighted by atomic mass is 16.2. The molecule has 2 amide bonds. The number of aromatic nitrogens is 2. The van der Waals surface area contributed by atoms with Gasteiger partial charge in [-0.1, -0.05) is 54.6 Å². The van der Waals surface area contributed by atoms with Crippen LogP contribution in [0.3, 0.4) is 0 Å². The van der Waals surface area contributed by atoms with E-state index < -0.39 is 5.91 Å². The fourth-order valence-electron chi connectivity index (χ4n) is 3.41. The van der Waals surface area contributed by atoms with E-state index in [0.717, 1.165) is 34.4 Å². The molecule has 1 aromatic heterocycles. The molecule has 0 unspecified atom stereocenters. The molecule has 6 nitrogen and oxygen atoms in total. The lowest BCUT2D eigenvalue weighted by molar-refractivity contribution is -0.116. The van der Waals surface area contributed by atoms with Crippen LogP contribution in [-0.4, -0.2) is 21.7 Å². The maximum atomic E-state index is 12.5. The first kappa shape index (κ1) is 16.1. The van der Waals surface area contributed by atoms with Crippen LogP contribution in [0.1, 0.15) is 27.2 Å². The number of carbonyl (C=O) groups is 2. The molecule has 4 rings (SSSR count). The Hall–Kier alpha value is -3.41. The van der Waals surface area contributed by atoms with Crippen LogP contribution in [-0.2, 0) is 24.1 Å². The molecule has 0 spiro atoms. The highest BCUT2D eigenvalue weighted by molar-refractivity contribution is 5.95. The Morgan fingerprint density at radius 1 is 1.04 bits per heavy atom. The Morgan fingerprint density at radius 3 is 2.54 bits per heavy atom. The van der Waals surface area contributed by atoms with Gasteiger partial charge in [0.15, 0.2) is 5.69 Å². The third-order valence-corrected chi connectivity index (χ3v) is 4.57. The molecule has 1 aliphatic rings. The minimum atomic E-state index is -0.586. The summed E-state index contributed by atoms with van der Waals surface area (Å²) >= 11 is 0. The van der Waals surface area contributed by atoms with Gasteiger partial charge in [-0.15, -0.1) is 5.10 Å². The Balaban J connectivity index is 1.71. The molecule has 0 saturated heterocycles. The van der Waals surface area contributed by atoms with Crippen molar-refractivity contribution in [1.82, 2.24) is 9.89 Å². The predicted molar refractivity (Wildman–Crippen MR) is 98.1 cm³/mol. The standard InChI is InChI=1S/C20H18N4O2/c21-20(26)18-16-11-10-14-8-4-5-9-15(14)19(16)24(23-18)22-17(25)12-13-6-2-1-3-7-13/h1-9H,10-12H2,(H2,21,26)(H,22,25). The van der Waals surface area contributed by atoms with Gasteiger partial charge in [-0.25, -0.2) is 5.43 Å². The van der Waals surface area contributed by atoms with Crippen molar-refractivity contribution in [2.45, 2.75) is 19.3 Å².